The molecular weight excluding hydrogens is 204 g/mol. The highest BCUT2D eigenvalue weighted by Gasteiger charge is 2.43. The van der Waals surface area contributed by atoms with E-state index < -0.39 is 0 Å². The molecule has 0 nitrogen and oxygen atoms in total. The molecule has 2 aliphatic carbocycles. The lowest BCUT2D eigenvalue weighted by atomic mass is 9.57. The van der Waals surface area contributed by atoms with E-state index in [9.17, 15) is 0 Å². The van der Waals surface area contributed by atoms with Crippen LogP contribution in [-0.2, 0) is 0 Å². The van der Waals surface area contributed by atoms with Crippen molar-refractivity contribution in [2.75, 3.05) is 0 Å². The summed E-state index contributed by atoms with van der Waals surface area (Å²) in [6.07, 6.45) is 12.6. The summed E-state index contributed by atoms with van der Waals surface area (Å²) in [5.41, 5.74) is 1.76. The van der Waals surface area contributed by atoms with E-state index in [1.807, 2.05) is 0 Å². The second-order valence-electron chi connectivity index (χ2n) is 5.81. The summed E-state index contributed by atoms with van der Waals surface area (Å²) < 4.78 is 0. The van der Waals surface area contributed by atoms with Crippen molar-refractivity contribution >= 4 is 0 Å². The Morgan fingerprint density at radius 1 is 0.824 bits per heavy atom. The van der Waals surface area contributed by atoms with Gasteiger partial charge in [0.2, 0.25) is 0 Å². The minimum atomic E-state index is 0.776. The third kappa shape index (κ3) is 2.00. The zero-order valence-corrected chi connectivity index (χ0v) is 11.9. The Morgan fingerprint density at radius 3 is 2.00 bits per heavy atom. The second-order valence-corrected chi connectivity index (χ2v) is 5.81. The molecular formula is C17H28. The van der Waals surface area contributed by atoms with Gasteiger partial charge in [-0.25, -0.2) is 0 Å². The molecule has 17 heavy (non-hydrogen) atoms. The van der Waals surface area contributed by atoms with Crippen LogP contribution in [0.3, 0.4) is 0 Å². The van der Waals surface area contributed by atoms with E-state index in [2.05, 4.69) is 45.9 Å². The molecule has 0 aromatic rings. The first-order valence-corrected chi connectivity index (χ1v) is 7.66. The largest absolute Gasteiger partial charge is 0.0770 e. The number of rotatable bonds is 4. The Labute approximate surface area is 107 Å². The van der Waals surface area contributed by atoms with Crippen LogP contribution < -0.4 is 0 Å². The number of allylic oxidation sites excluding steroid dienone is 4. The minimum Gasteiger partial charge on any atom is -0.0770 e. The number of fused-ring (bicyclic) bond motifs is 1. The summed E-state index contributed by atoms with van der Waals surface area (Å²) in [4.78, 5) is 0. The maximum absolute atomic E-state index is 2.47. The Morgan fingerprint density at radius 2 is 1.47 bits per heavy atom. The predicted molar refractivity (Wildman–Crippen MR) is 75.8 cm³/mol. The molecule has 2 rings (SSSR count). The van der Waals surface area contributed by atoms with Crippen LogP contribution >= 0.6 is 0 Å². The van der Waals surface area contributed by atoms with E-state index in [1.54, 1.807) is 5.57 Å². The summed E-state index contributed by atoms with van der Waals surface area (Å²) in [7, 11) is 0. The van der Waals surface area contributed by atoms with Gasteiger partial charge in [0.05, 0.1) is 0 Å². The maximum Gasteiger partial charge on any atom is 0.00168 e. The van der Waals surface area contributed by atoms with Gasteiger partial charge in [-0.05, 0) is 30.1 Å². The molecule has 5 unspecified atom stereocenters. The fourth-order valence-electron chi connectivity index (χ4n) is 4.69. The van der Waals surface area contributed by atoms with E-state index >= 15 is 0 Å². The fourth-order valence-corrected chi connectivity index (χ4v) is 4.69. The van der Waals surface area contributed by atoms with Gasteiger partial charge in [-0.1, -0.05) is 70.8 Å². The molecule has 0 saturated heterocycles. The van der Waals surface area contributed by atoms with Crippen molar-refractivity contribution in [1.82, 2.24) is 0 Å². The van der Waals surface area contributed by atoms with E-state index in [0.29, 0.717) is 0 Å². The molecule has 1 saturated carbocycles. The molecule has 0 radical (unpaired) electrons. The van der Waals surface area contributed by atoms with Crippen molar-refractivity contribution in [3.8, 4) is 0 Å². The van der Waals surface area contributed by atoms with Crippen LogP contribution in [0.2, 0.25) is 0 Å². The molecule has 5 atom stereocenters. The molecule has 0 heteroatoms. The molecule has 0 N–H and O–H groups in total. The van der Waals surface area contributed by atoms with E-state index in [1.165, 1.54) is 25.7 Å². The Kier molecular flexibility index (Phi) is 4.12. The molecule has 2 aliphatic rings. The lowest BCUT2D eigenvalue weighted by molar-refractivity contribution is 0.0929. The van der Waals surface area contributed by atoms with Gasteiger partial charge in [0.15, 0.2) is 0 Å². The highest BCUT2D eigenvalue weighted by atomic mass is 14.5. The lowest BCUT2D eigenvalue weighted by Gasteiger charge is -2.47. The van der Waals surface area contributed by atoms with Crippen molar-refractivity contribution in [3.05, 3.63) is 23.8 Å². The predicted octanol–water partition coefficient (Wildman–Crippen LogP) is 5.22. The molecule has 0 heterocycles. The summed E-state index contributed by atoms with van der Waals surface area (Å²) in [6.45, 7) is 9.56. The van der Waals surface area contributed by atoms with Gasteiger partial charge < -0.3 is 0 Å². The van der Waals surface area contributed by atoms with Crippen LogP contribution in [0.25, 0.3) is 0 Å². The first-order valence-electron chi connectivity index (χ1n) is 7.66. The van der Waals surface area contributed by atoms with Crippen molar-refractivity contribution < 1.29 is 0 Å². The van der Waals surface area contributed by atoms with E-state index in [0.717, 1.165) is 29.6 Å². The average molecular weight is 232 g/mol. The third-order valence-corrected chi connectivity index (χ3v) is 5.35. The molecule has 0 aliphatic heterocycles. The summed E-state index contributed by atoms with van der Waals surface area (Å²) >= 11 is 0. The summed E-state index contributed by atoms with van der Waals surface area (Å²) in [5.74, 6) is 4.40. The summed E-state index contributed by atoms with van der Waals surface area (Å²) in [5, 5.41) is 0. The molecule has 0 amide bonds. The van der Waals surface area contributed by atoms with Gasteiger partial charge >= 0.3 is 0 Å². The molecule has 0 aromatic carbocycles. The fraction of sp³-hybridized carbons (Fsp3) is 0.765. The van der Waals surface area contributed by atoms with Crippen LogP contribution in [0.1, 0.15) is 53.4 Å². The molecule has 0 aromatic heterocycles. The van der Waals surface area contributed by atoms with Crippen molar-refractivity contribution in [1.29, 1.82) is 0 Å². The van der Waals surface area contributed by atoms with Crippen LogP contribution in [0.15, 0.2) is 23.8 Å². The van der Waals surface area contributed by atoms with Crippen LogP contribution in [-0.4, -0.2) is 0 Å². The average Bonchev–Trinajstić information content (AvgIpc) is 2.84. The van der Waals surface area contributed by atoms with E-state index in [-0.39, 0.29) is 0 Å². The second kappa shape index (κ2) is 5.42. The monoisotopic (exact) mass is 232 g/mol. The first-order chi connectivity index (χ1) is 8.28. The maximum atomic E-state index is 2.47. The smallest absolute Gasteiger partial charge is 0.00168 e. The highest BCUT2D eigenvalue weighted by molar-refractivity contribution is 5.33. The normalized spacial score (nSPS) is 40.2. The quantitative estimate of drug-likeness (QED) is 0.623. The van der Waals surface area contributed by atoms with Crippen LogP contribution in [0.4, 0.5) is 0 Å². The minimum absolute atomic E-state index is 0.776. The number of hydrogen-bond donors (Lipinski definition) is 0. The van der Waals surface area contributed by atoms with Gasteiger partial charge in [0.1, 0.15) is 0 Å². The Bertz CT molecular complexity index is 310. The zero-order valence-electron chi connectivity index (χ0n) is 11.9. The highest BCUT2D eigenvalue weighted by Crippen LogP contribution is 2.52. The number of hydrogen-bond acceptors (Lipinski definition) is 0. The standard InChI is InChI=1S/C17H28/c1-5-12-13(6-2)15(8-4)17-11-9-10-16(17)14(12)7-3/h9-16H,5-8H2,1-4H3. The van der Waals surface area contributed by atoms with Crippen LogP contribution in [0.5, 0.6) is 0 Å². The van der Waals surface area contributed by atoms with Crippen molar-refractivity contribution in [2.24, 2.45) is 29.6 Å². The van der Waals surface area contributed by atoms with Crippen LogP contribution in [0, 0.1) is 29.6 Å². The van der Waals surface area contributed by atoms with Crippen molar-refractivity contribution in [2.45, 2.75) is 53.4 Å². The van der Waals surface area contributed by atoms with Gasteiger partial charge in [0.25, 0.3) is 0 Å². The summed E-state index contributed by atoms with van der Waals surface area (Å²) in [6, 6.07) is 0. The lowest BCUT2D eigenvalue weighted by Crippen LogP contribution is -2.40. The molecule has 0 spiro atoms. The third-order valence-electron chi connectivity index (χ3n) is 5.35. The van der Waals surface area contributed by atoms with Gasteiger partial charge in [-0.2, -0.15) is 0 Å². The van der Waals surface area contributed by atoms with Gasteiger partial charge in [0, 0.05) is 5.92 Å². The van der Waals surface area contributed by atoms with Crippen molar-refractivity contribution in [3.63, 3.8) is 0 Å². The molecule has 96 valence electrons. The SMILES string of the molecule is CCC1C2=CC=CC2C(CC)C(CC)C1CC. The molecule has 0 bridgehead atoms. The van der Waals surface area contributed by atoms with Gasteiger partial charge in [-0.3, -0.25) is 0 Å². The zero-order chi connectivity index (χ0) is 12.4. The topological polar surface area (TPSA) is 0 Å². The van der Waals surface area contributed by atoms with E-state index in [4.69, 9.17) is 0 Å². The molecule has 1 fully saturated rings. The Hall–Kier alpha value is -0.520. The van der Waals surface area contributed by atoms with Gasteiger partial charge in [-0.15, -0.1) is 0 Å². The first kappa shape index (κ1) is 12.9. The Balaban J connectivity index is 2.33.